The molecule has 0 saturated carbocycles. The Bertz CT molecular complexity index is 2480. The van der Waals surface area contributed by atoms with Crippen LogP contribution in [0.2, 0.25) is 19.6 Å². The monoisotopic (exact) mass is 758 g/mol. The number of para-hydroxylation sites is 2. The summed E-state index contributed by atoms with van der Waals surface area (Å²) in [5.74, 6) is 0. The van der Waals surface area contributed by atoms with Gasteiger partial charge in [-0.15, -0.1) is 0 Å². The van der Waals surface area contributed by atoms with Gasteiger partial charge < -0.3 is 9.80 Å². The van der Waals surface area contributed by atoms with E-state index in [1.165, 1.54) is 55.5 Å². The summed E-state index contributed by atoms with van der Waals surface area (Å²) in [6.07, 6.45) is 3.82. The molecule has 0 atom stereocenters. The van der Waals surface area contributed by atoms with Crippen LogP contribution in [0, 0.1) is 0 Å². The Labute approximate surface area is 340 Å². The zero-order chi connectivity index (χ0) is 39.9. The van der Waals surface area contributed by atoms with Gasteiger partial charge in [-0.25, -0.2) is 0 Å². The third-order valence-corrected chi connectivity index (χ3v) is 13.9. The standard InChI is InChI=1S/C51H51BN4Si/c1-50(2,3)34-24-26-43(37(30-34)41-20-14-16-28-53-41)55-45-22-12-10-18-39(45)52-40-19-11-13-23-46(40)56(48-33-36(57(7,8)9)32-47(55)49(48)52)44-27-25-35(51(4,5)6)31-38(44)42-21-15-17-29-54-42/h10-33H,1-9H3. The first kappa shape index (κ1) is 36.9. The average Bonchev–Trinajstić information content (AvgIpc) is 3.20. The topological polar surface area (TPSA) is 32.3 Å². The van der Waals surface area contributed by atoms with E-state index in [2.05, 4.69) is 192 Å². The minimum absolute atomic E-state index is 0.0258. The van der Waals surface area contributed by atoms with Crippen molar-refractivity contribution in [2.75, 3.05) is 9.80 Å². The molecule has 7 aromatic rings. The van der Waals surface area contributed by atoms with E-state index >= 15 is 0 Å². The van der Waals surface area contributed by atoms with E-state index < -0.39 is 8.07 Å². The molecule has 6 heteroatoms. The lowest BCUT2D eigenvalue weighted by Crippen LogP contribution is -2.62. The van der Waals surface area contributed by atoms with Crippen LogP contribution in [0.5, 0.6) is 0 Å². The largest absolute Gasteiger partial charge is 0.311 e. The molecule has 0 aliphatic carbocycles. The molecule has 4 heterocycles. The fourth-order valence-corrected chi connectivity index (χ4v) is 9.84. The van der Waals surface area contributed by atoms with E-state index in [-0.39, 0.29) is 17.5 Å². The van der Waals surface area contributed by atoms with Crippen molar-refractivity contribution in [1.29, 1.82) is 0 Å². The molecule has 282 valence electrons. The van der Waals surface area contributed by atoms with Gasteiger partial charge in [0.1, 0.15) is 0 Å². The highest BCUT2D eigenvalue weighted by molar-refractivity contribution is 7.00. The van der Waals surface area contributed by atoms with Gasteiger partial charge in [0.2, 0.25) is 0 Å². The molecule has 2 aromatic heterocycles. The molecule has 5 aromatic carbocycles. The second-order valence-electron chi connectivity index (χ2n) is 18.8. The second kappa shape index (κ2) is 13.5. The predicted molar refractivity (Wildman–Crippen MR) is 247 cm³/mol. The highest BCUT2D eigenvalue weighted by Crippen LogP contribution is 2.48. The SMILES string of the molecule is CC(C)(C)c1ccc(N2c3ccccc3B3c4ccccc4N(c4ccc(C(C)(C)C)cc4-c4ccccn4)c4cc([Si](C)(C)C)cc2c43)c(-c2ccccn2)c1. The van der Waals surface area contributed by atoms with Crippen molar-refractivity contribution >= 4 is 70.5 Å². The van der Waals surface area contributed by atoms with Crippen molar-refractivity contribution < 1.29 is 0 Å². The number of anilines is 6. The maximum absolute atomic E-state index is 4.97. The third kappa shape index (κ3) is 6.31. The zero-order valence-corrected chi connectivity index (χ0v) is 35.7. The fourth-order valence-electron chi connectivity index (χ4n) is 8.70. The molecular formula is C51H51BN4Si. The van der Waals surface area contributed by atoms with Crippen molar-refractivity contribution in [3.63, 3.8) is 0 Å². The van der Waals surface area contributed by atoms with Crippen molar-refractivity contribution in [3.8, 4) is 22.5 Å². The maximum Gasteiger partial charge on any atom is 0.252 e. The summed E-state index contributed by atoms with van der Waals surface area (Å²) < 4.78 is 0. The Morgan fingerprint density at radius 1 is 0.456 bits per heavy atom. The predicted octanol–water partition coefficient (Wildman–Crippen LogP) is 11.0. The summed E-state index contributed by atoms with van der Waals surface area (Å²) in [7, 11) is -1.88. The molecule has 0 fully saturated rings. The molecule has 57 heavy (non-hydrogen) atoms. The number of rotatable bonds is 5. The smallest absolute Gasteiger partial charge is 0.252 e. The van der Waals surface area contributed by atoms with Gasteiger partial charge in [-0.3, -0.25) is 9.97 Å². The lowest BCUT2D eigenvalue weighted by Gasteiger charge is -2.45. The summed E-state index contributed by atoms with van der Waals surface area (Å²) in [6, 6.07) is 49.8. The first-order valence-electron chi connectivity index (χ1n) is 20.3. The third-order valence-electron chi connectivity index (χ3n) is 11.8. The molecule has 0 radical (unpaired) electrons. The number of nitrogens with zero attached hydrogens (tertiary/aromatic N) is 4. The number of aromatic nitrogens is 2. The van der Waals surface area contributed by atoms with E-state index in [0.29, 0.717) is 0 Å². The van der Waals surface area contributed by atoms with E-state index in [1.807, 2.05) is 24.5 Å². The van der Waals surface area contributed by atoms with Crippen LogP contribution in [0.4, 0.5) is 34.1 Å². The normalized spacial score (nSPS) is 13.6. The van der Waals surface area contributed by atoms with Crippen LogP contribution in [-0.2, 0) is 10.8 Å². The van der Waals surface area contributed by atoms with Crippen LogP contribution in [0.15, 0.2) is 146 Å². The van der Waals surface area contributed by atoms with Crippen LogP contribution in [0.1, 0.15) is 52.7 Å². The van der Waals surface area contributed by atoms with E-state index in [0.717, 1.165) is 33.9 Å². The van der Waals surface area contributed by atoms with Gasteiger partial charge >= 0.3 is 0 Å². The molecule has 0 bridgehead atoms. The van der Waals surface area contributed by atoms with E-state index in [1.54, 1.807) is 0 Å². The summed E-state index contributed by atoms with van der Waals surface area (Å²) in [5.41, 5.74) is 17.8. The average molecular weight is 759 g/mol. The van der Waals surface area contributed by atoms with Gasteiger partial charge in [0.05, 0.1) is 30.8 Å². The molecule has 0 saturated heterocycles. The molecule has 9 rings (SSSR count). The number of fused-ring (bicyclic) bond motifs is 4. The molecule has 0 unspecified atom stereocenters. The minimum Gasteiger partial charge on any atom is -0.311 e. The van der Waals surface area contributed by atoms with E-state index in [4.69, 9.17) is 9.97 Å². The van der Waals surface area contributed by atoms with E-state index in [9.17, 15) is 0 Å². The zero-order valence-electron chi connectivity index (χ0n) is 34.7. The van der Waals surface area contributed by atoms with Crippen LogP contribution < -0.4 is 31.4 Å². The summed E-state index contributed by atoms with van der Waals surface area (Å²) in [4.78, 5) is 15.0. The van der Waals surface area contributed by atoms with Gasteiger partial charge in [-0.05, 0) is 111 Å². The Morgan fingerprint density at radius 3 is 1.26 bits per heavy atom. The van der Waals surface area contributed by atoms with Crippen molar-refractivity contribution in [2.45, 2.75) is 72.0 Å². The molecular weight excluding hydrogens is 707 g/mol. The molecule has 2 aliphatic heterocycles. The van der Waals surface area contributed by atoms with Crippen molar-refractivity contribution in [3.05, 3.63) is 157 Å². The summed E-state index contributed by atoms with van der Waals surface area (Å²) in [5, 5.41) is 1.42. The number of pyridine rings is 2. The Kier molecular flexibility index (Phi) is 8.71. The fraction of sp³-hybridized carbons (Fsp3) is 0.216. The van der Waals surface area contributed by atoms with Crippen LogP contribution in [0.25, 0.3) is 22.5 Å². The lowest BCUT2D eigenvalue weighted by molar-refractivity contribution is 0.590. The molecule has 0 spiro atoms. The first-order valence-corrected chi connectivity index (χ1v) is 23.8. The minimum atomic E-state index is -1.88. The van der Waals surface area contributed by atoms with Gasteiger partial charge in [0, 0.05) is 46.3 Å². The van der Waals surface area contributed by atoms with Crippen molar-refractivity contribution in [1.82, 2.24) is 9.97 Å². The Hall–Kier alpha value is -5.72. The van der Waals surface area contributed by atoms with Crippen molar-refractivity contribution in [2.24, 2.45) is 0 Å². The van der Waals surface area contributed by atoms with Gasteiger partial charge in [-0.2, -0.15) is 0 Å². The van der Waals surface area contributed by atoms with Crippen LogP contribution in [0.3, 0.4) is 0 Å². The van der Waals surface area contributed by atoms with Gasteiger partial charge in [0.25, 0.3) is 6.71 Å². The first-order chi connectivity index (χ1) is 27.2. The highest BCUT2D eigenvalue weighted by Gasteiger charge is 2.44. The molecule has 4 nitrogen and oxygen atoms in total. The second-order valence-corrected chi connectivity index (χ2v) is 23.9. The Balaban J connectivity index is 1.40. The molecule has 2 aliphatic rings. The molecule has 0 amide bonds. The van der Waals surface area contributed by atoms with Gasteiger partial charge in [-0.1, -0.05) is 127 Å². The number of benzene rings is 5. The highest BCUT2D eigenvalue weighted by atomic mass is 28.3. The lowest BCUT2D eigenvalue weighted by atomic mass is 9.33. The Morgan fingerprint density at radius 2 is 0.877 bits per heavy atom. The molecule has 0 N–H and O–H groups in total. The number of hydrogen-bond donors (Lipinski definition) is 0. The summed E-state index contributed by atoms with van der Waals surface area (Å²) >= 11 is 0. The number of hydrogen-bond acceptors (Lipinski definition) is 4. The summed E-state index contributed by atoms with van der Waals surface area (Å²) in [6.45, 7) is 21.2. The van der Waals surface area contributed by atoms with Gasteiger partial charge in [0.15, 0.2) is 0 Å². The van der Waals surface area contributed by atoms with Crippen LogP contribution in [-0.4, -0.2) is 24.8 Å². The maximum atomic E-state index is 4.97. The quantitative estimate of drug-likeness (QED) is 0.164. The van der Waals surface area contributed by atoms with Crippen LogP contribution >= 0.6 is 0 Å².